The van der Waals surface area contributed by atoms with E-state index in [0.29, 0.717) is 17.1 Å². The minimum absolute atomic E-state index is 0.224. The van der Waals surface area contributed by atoms with Crippen molar-refractivity contribution in [1.82, 2.24) is 5.32 Å². The highest BCUT2D eigenvalue weighted by Gasteiger charge is 2.21. The molecular formula is C11H17NO3S. The average molecular weight is 243 g/mol. The van der Waals surface area contributed by atoms with Crippen LogP contribution in [0.4, 0.5) is 0 Å². The van der Waals surface area contributed by atoms with Gasteiger partial charge in [0.15, 0.2) is 0 Å². The Balaban J connectivity index is 2.47. The Morgan fingerprint density at radius 2 is 2.38 bits per heavy atom. The van der Waals surface area contributed by atoms with Gasteiger partial charge in [-0.1, -0.05) is 0 Å². The Hall–Kier alpha value is -0.940. The molecule has 5 heteroatoms. The van der Waals surface area contributed by atoms with Crippen LogP contribution >= 0.6 is 11.8 Å². The van der Waals surface area contributed by atoms with Crippen LogP contribution in [-0.4, -0.2) is 35.2 Å². The summed E-state index contributed by atoms with van der Waals surface area (Å²) in [6.45, 7) is 3.71. The Labute approximate surface area is 99.4 Å². The zero-order chi connectivity index (χ0) is 12.2. The molecule has 0 aliphatic rings. The number of hydrogen-bond donors (Lipinski definition) is 2. The third-order valence-corrected chi connectivity index (χ3v) is 2.99. The molecule has 16 heavy (non-hydrogen) atoms. The molecule has 0 bridgehead atoms. The number of amides is 1. The number of carbonyl (C=O) groups is 1. The number of rotatable bonds is 5. The lowest BCUT2D eigenvalue weighted by atomic mass is 10.1. The van der Waals surface area contributed by atoms with Gasteiger partial charge in [0.05, 0.1) is 11.2 Å². The van der Waals surface area contributed by atoms with Crippen LogP contribution in [0.3, 0.4) is 0 Å². The number of aryl methyl sites for hydroxylation is 1. The van der Waals surface area contributed by atoms with Crippen LogP contribution in [-0.2, 0) is 0 Å². The van der Waals surface area contributed by atoms with E-state index in [9.17, 15) is 9.90 Å². The summed E-state index contributed by atoms with van der Waals surface area (Å²) in [7, 11) is 0. The lowest BCUT2D eigenvalue weighted by Crippen LogP contribution is -2.42. The Kier molecular flexibility index (Phi) is 4.44. The van der Waals surface area contributed by atoms with Crippen molar-refractivity contribution in [2.24, 2.45) is 0 Å². The quantitative estimate of drug-likeness (QED) is 0.821. The van der Waals surface area contributed by atoms with Crippen molar-refractivity contribution in [3.05, 3.63) is 23.7 Å². The lowest BCUT2D eigenvalue weighted by Gasteiger charge is -2.22. The largest absolute Gasteiger partial charge is 0.469 e. The first-order valence-electron chi connectivity index (χ1n) is 4.99. The maximum atomic E-state index is 11.6. The predicted octanol–water partition coefficient (Wildman–Crippen LogP) is 1.43. The second-order valence-corrected chi connectivity index (χ2v) is 4.92. The van der Waals surface area contributed by atoms with Crippen LogP contribution in [0.15, 0.2) is 16.7 Å². The van der Waals surface area contributed by atoms with Gasteiger partial charge >= 0.3 is 0 Å². The molecule has 1 amide bonds. The maximum absolute atomic E-state index is 11.6. The minimum atomic E-state index is -0.881. The molecule has 0 saturated heterocycles. The van der Waals surface area contributed by atoms with Gasteiger partial charge in [0.1, 0.15) is 12.0 Å². The molecule has 1 atom stereocenters. The number of furan rings is 1. The molecule has 0 saturated carbocycles. The first kappa shape index (κ1) is 13.1. The summed E-state index contributed by atoms with van der Waals surface area (Å²) in [5.41, 5.74) is -0.397. The summed E-state index contributed by atoms with van der Waals surface area (Å²) < 4.78 is 5.04. The molecule has 0 fully saturated rings. The molecule has 1 heterocycles. The van der Waals surface area contributed by atoms with Gasteiger partial charge in [-0.2, -0.15) is 11.8 Å². The normalized spacial score (nSPS) is 14.5. The number of hydrogen-bond acceptors (Lipinski definition) is 4. The fourth-order valence-corrected chi connectivity index (χ4v) is 2.02. The fourth-order valence-electron chi connectivity index (χ4n) is 1.30. The molecule has 1 aromatic heterocycles. The predicted molar refractivity (Wildman–Crippen MR) is 64.8 cm³/mol. The zero-order valence-electron chi connectivity index (χ0n) is 9.74. The number of nitrogens with one attached hydrogen (secondary N) is 1. The van der Waals surface area contributed by atoms with E-state index in [1.54, 1.807) is 31.7 Å². The van der Waals surface area contributed by atoms with Crippen LogP contribution in [0.2, 0.25) is 0 Å². The standard InChI is InChI=1S/C11H17NO3S/c1-8-4-9(5-15-8)10(13)12-6-11(2,14)7-16-3/h4-5,14H,6-7H2,1-3H3,(H,12,13). The molecule has 0 radical (unpaired) electrons. The fraction of sp³-hybridized carbons (Fsp3) is 0.545. The van der Waals surface area contributed by atoms with Gasteiger partial charge in [-0.05, 0) is 26.2 Å². The highest BCUT2D eigenvalue weighted by molar-refractivity contribution is 7.98. The van der Waals surface area contributed by atoms with E-state index in [2.05, 4.69) is 5.32 Å². The van der Waals surface area contributed by atoms with Gasteiger partial charge in [-0.3, -0.25) is 4.79 Å². The Bertz CT molecular complexity index is 360. The van der Waals surface area contributed by atoms with Gasteiger partial charge in [0, 0.05) is 12.3 Å². The third-order valence-electron chi connectivity index (χ3n) is 2.08. The van der Waals surface area contributed by atoms with E-state index >= 15 is 0 Å². The van der Waals surface area contributed by atoms with Gasteiger partial charge in [0.2, 0.25) is 0 Å². The van der Waals surface area contributed by atoms with Gasteiger partial charge in [-0.15, -0.1) is 0 Å². The summed E-state index contributed by atoms with van der Waals surface area (Å²) in [5.74, 6) is 1.05. The number of thioether (sulfide) groups is 1. The molecule has 0 spiro atoms. The summed E-state index contributed by atoms with van der Waals surface area (Å²) in [4.78, 5) is 11.6. The Morgan fingerprint density at radius 1 is 1.69 bits per heavy atom. The molecule has 0 aromatic carbocycles. The molecule has 2 N–H and O–H groups in total. The first-order valence-corrected chi connectivity index (χ1v) is 6.39. The number of carbonyl (C=O) groups excluding carboxylic acids is 1. The number of aliphatic hydroxyl groups is 1. The summed E-state index contributed by atoms with van der Waals surface area (Å²) in [6, 6.07) is 1.67. The van der Waals surface area contributed by atoms with Crippen molar-refractivity contribution in [2.45, 2.75) is 19.4 Å². The maximum Gasteiger partial charge on any atom is 0.254 e. The monoisotopic (exact) mass is 243 g/mol. The second kappa shape index (κ2) is 5.41. The molecule has 1 aromatic rings. The van der Waals surface area contributed by atoms with Crippen molar-refractivity contribution in [2.75, 3.05) is 18.6 Å². The molecule has 4 nitrogen and oxygen atoms in total. The highest BCUT2D eigenvalue weighted by Crippen LogP contribution is 2.10. The van der Waals surface area contributed by atoms with Crippen LogP contribution in [0.5, 0.6) is 0 Å². The summed E-state index contributed by atoms with van der Waals surface area (Å²) >= 11 is 1.54. The van der Waals surface area contributed by atoms with Crippen molar-refractivity contribution < 1.29 is 14.3 Å². The topological polar surface area (TPSA) is 62.5 Å². The average Bonchev–Trinajstić information content (AvgIpc) is 2.61. The van der Waals surface area contributed by atoms with E-state index in [0.717, 1.165) is 0 Å². The van der Waals surface area contributed by atoms with Crippen molar-refractivity contribution in [3.63, 3.8) is 0 Å². The van der Waals surface area contributed by atoms with Crippen molar-refractivity contribution in [1.29, 1.82) is 0 Å². The molecule has 1 rings (SSSR count). The molecule has 0 aliphatic heterocycles. The minimum Gasteiger partial charge on any atom is -0.469 e. The molecular weight excluding hydrogens is 226 g/mol. The molecule has 0 aliphatic carbocycles. The van der Waals surface area contributed by atoms with E-state index in [1.807, 2.05) is 6.26 Å². The summed E-state index contributed by atoms with van der Waals surface area (Å²) in [5, 5.41) is 12.5. The Morgan fingerprint density at radius 3 is 2.88 bits per heavy atom. The van der Waals surface area contributed by atoms with Crippen LogP contribution in [0, 0.1) is 6.92 Å². The van der Waals surface area contributed by atoms with E-state index in [-0.39, 0.29) is 12.5 Å². The van der Waals surface area contributed by atoms with Gasteiger partial charge in [0.25, 0.3) is 5.91 Å². The van der Waals surface area contributed by atoms with Crippen LogP contribution in [0.1, 0.15) is 23.0 Å². The smallest absolute Gasteiger partial charge is 0.254 e. The van der Waals surface area contributed by atoms with Crippen molar-refractivity contribution >= 4 is 17.7 Å². The molecule has 1 unspecified atom stereocenters. The van der Waals surface area contributed by atoms with E-state index < -0.39 is 5.60 Å². The van der Waals surface area contributed by atoms with Gasteiger partial charge in [-0.25, -0.2) is 0 Å². The lowest BCUT2D eigenvalue weighted by molar-refractivity contribution is 0.0724. The van der Waals surface area contributed by atoms with Gasteiger partial charge < -0.3 is 14.8 Å². The van der Waals surface area contributed by atoms with Crippen LogP contribution in [0.25, 0.3) is 0 Å². The summed E-state index contributed by atoms with van der Waals surface area (Å²) in [6.07, 6.45) is 3.32. The second-order valence-electron chi connectivity index (χ2n) is 4.06. The van der Waals surface area contributed by atoms with E-state index in [4.69, 9.17) is 4.42 Å². The SMILES string of the molecule is CSCC(C)(O)CNC(=O)c1coc(C)c1. The third kappa shape index (κ3) is 3.90. The van der Waals surface area contributed by atoms with Crippen molar-refractivity contribution in [3.8, 4) is 0 Å². The highest BCUT2D eigenvalue weighted by atomic mass is 32.2. The zero-order valence-corrected chi connectivity index (χ0v) is 10.6. The molecule has 90 valence electrons. The van der Waals surface area contributed by atoms with E-state index in [1.165, 1.54) is 6.26 Å². The first-order chi connectivity index (χ1) is 7.44. The van der Waals surface area contributed by atoms with Crippen LogP contribution < -0.4 is 5.32 Å².